The van der Waals surface area contributed by atoms with Gasteiger partial charge in [-0.1, -0.05) is 13.0 Å². The van der Waals surface area contributed by atoms with Crippen LogP contribution in [0.5, 0.6) is 5.75 Å². The standard InChI is InChI=1S/C29H36N4O10/c1-11-13-6-7-14(31-10-15(34)32-9-12-5-4-8-43-12)22(35)17(13)23(36)18-16(11)24(37)20-21(33(2)3)25(38)19(28(30)41)27(40)29(20,42)26(18)39/h6-7,11-12,16,20-21,24,31,35,37-39,42H,4-5,8-10H2,1-3H3,(H2,30,41)(H,32,34)/t11-,12?,16+,20+,21+,24-,29-/m1/s1. The smallest absolute Gasteiger partial charge is 0.255 e. The number of ether oxygens (including phenoxy) is 1. The molecule has 1 fully saturated rings. The Morgan fingerprint density at radius 1 is 1.19 bits per heavy atom. The Bertz CT molecular complexity index is 1460. The SMILES string of the molecule is C[C@@H]1c2ccc(NCC(=O)NCC3CCCO3)c(O)c2C(=O)C2=C(O)[C@@]3(O)C(=O)C(C(N)=O)=C(O)[C@@H](N(C)C)[C@H]3[C@H](O)[C@H]21. The molecule has 2 amide bonds. The minimum atomic E-state index is -2.99. The first kappa shape index (κ1) is 30.5. The molecule has 9 N–H and O–H groups in total. The van der Waals surface area contributed by atoms with Crippen LogP contribution in [0.4, 0.5) is 5.69 Å². The zero-order chi connectivity index (χ0) is 31.5. The van der Waals surface area contributed by atoms with Crippen molar-refractivity contribution >= 4 is 29.1 Å². The van der Waals surface area contributed by atoms with E-state index in [9.17, 15) is 44.7 Å². The molecular weight excluding hydrogens is 564 g/mol. The number of benzene rings is 1. The number of aliphatic hydroxyl groups is 4. The molecule has 1 heterocycles. The highest BCUT2D eigenvalue weighted by molar-refractivity contribution is 6.25. The first-order valence-corrected chi connectivity index (χ1v) is 14.0. The number of rotatable bonds is 7. The normalized spacial score (nSPS) is 32.0. The Kier molecular flexibility index (Phi) is 7.75. The lowest BCUT2D eigenvalue weighted by Crippen LogP contribution is -2.68. The van der Waals surface area contributed by atoms with Gasteiger partial charge in [0.25, 0.3) is 5.91 Å². The van der Waals surface area contributed by atoms with Crippen LogP contribution in [0, 0.1) is 11.8 Å². The van der Waals surface area contributed by atoms with Crippen molar-refractivity contribution in [1.29, 1.82) is 0 Å². The molecule has 1 saturated heterocycles. The molecule has 7 atom stereocenters. The number of aliphatic hydroxyl groups excluding tert-OH is 3. The number of phenolic OH excluding ortho intramolecular Hbond substituents is 1. The summed E-state index contributed by atoms with van der Waals surface area (Å²) in [6, 6.07) is 1.69. The highest BCUT2D eigenvalue weighted by Gasteiger charge is 2.67. The van der Waals surface area contributed by atoms with Crippen molar-refractivity contribution in [3.8, 4) is 5.75 Å². The molecule has 4 aliphatic rings. The van der Waals surface area contributed by atoms with E-state index in [1.807, 2.05) is 0 Å². The van der Waals surface area contributed by atoms with Crippen LogP contribution < -0.4 is 16.4 Å². The van der Waals surface area contributed by atoms with Crippen molar-refractivity contribution in [3.63, 3.8) is 0 Å². The van der Waals surface area contributed by atoms with Gasteiger partial charge in [0.2, 0.25) is 11.7 Å². The van der Waals surface area contributed by atoms with Crippen LogP contribution in [0.25, 0.3) is 0 Å². The van der Waals surface area contributed by atoms with Crippen molar-refractivity contribution in [3.05, 3.63) is 45.9 Å². The molecule has 0 radical (unpaired) electrons. The molecule has 232 valence electrons. The number of nitrogens with one attached hydrogen (secondary N) is 2. The average Bonchev–Trinajstić information content (AvgIpc) is 3.47. The van der Waals surface area contributed by atoms with E-state index in [0.29, 0.717) is 18.7 Å². The molecule has 14 nitrogen and oxygen atoms in total. The van der Waals surface area contributed by atoms with E-state index in [4.69, 9.17) is 10.5 Å². The van der Waals surface area contributed by atoms with Gasteiger partial charge in [-0.2, -0.15) is 0 Å². The predicted molar refractivity (Wildman–Crippen MR) is 150 cm³/mol. The number of hydrogen-bond donors (Lipinski definition) is 8. The van der Waals surface area contributed by atoms with E-state index in [1.54, 1.807) is 13.0 Å². The number of nitrogens with two attached hydrogens (primary N) is 1. The second-order valence-corrected chi connectivity index (χ2v) is 11.8. The van der Waals surface area contributed by atoms with Crippen molar-refractivity contribution in [2.75, 3.05) is 39.1 Å². The minimum Gasteiger partial charge on any atom is -0.510 e. The Hall–Kier alpha value is -3.98. The molecule has 43 heavy (non-hydrogen) atoms. The average molecular weight is 601 g/mol. The summed E-state index contributed by atoms with van der Waals surface area (Å²) in [6.45, 7) is 2.39. The van der Waals surface area contributed by atoms with Crippen molar-refractivity contribution in [1.82, 2.24) is 10.2 Å². The second-order valence-electron chi connectivity index (χ2n) is 11.8. The zero-order valence-electron chi connectivity index (χ0n) is 24.0. The summed E-state index contributed by atoms with van der Waals surface area (Å²) in [5.74, 6) is -10.0. The van der Waals surface area contributed by atoms with Gasteiger partial charge in [-0.05, 0) is 44.5 Å². The summed E-state index contributed by atoms with van der Waals surface area (Å²) < 4.78 is 5.48. The van der Waals surface area contributed by atoms with Gasteiger partial charge in [0, 0.05) is 24.6 Å². The Morgan fingerprint density at radius 3 is 2.49 bits per heavy atom. The fraction of sp³-hybridized carbons (Fsp3) is 0.517. The molecule has 1 aromatic rings. The van der Waals surface area contributed by atoms with Crippen molar-refractivity contribution in [2.45, 2.75) is 49.5 Å². The number of carbonyl (C=O) groups excluding carboxylic acids is 4. The molecule has 3 aliphatic carbocycles. The third-order valence-electron chi connectivity index (χ3n) is 9.12. The number of nitrogens with zero attached hydrogens (tertiary/aromatic N) is 1. The van der Waals surface area contributed by atoms with Crippen molar-refractivity contribution in [2.24, 2.45) is 17.6 Å². The molecule has 14 heteroatoms. The number of primary amides is 1. The number of anilines is 1. The summed E-state index contributed by atoms with van der Waals surface area (Å²) in [6.07, 6.45) is 0.0307. The van der Waals surface area contributed by atoms with Crippen LogP contribution >= 0.6 is 0 Å². The monoisotopic (exact) mass is 600 g/mol. The van der Waals surface area contributed by atoms with Gasteiger partial charge in [0.15, 0.2) is 11.4 Å². The fourth-order valence-corrected chi connectivity index (χ4v) is 7.04. The van der Waals surface area contributed by atoms with Crippen LogP contribution in [0.3, 0.4) is 0 Å². The lowest BCUT2D eigenvalue weighted by molar-refractivity contribution is -0.162. The third kappa shape index (κ3) is 4.56. The van der Waals surface area contributed by atoms with Crippen molar-refractivity contribution < 1.29 is 49.4 Å². The quantitative estimate of drug-likeness (QED) is 0.144. The van der Waals surface area contributed by atoms with Crippen LogP contribution in [-0.2, 0) is 19.1 Å². The number of phenols is 1. The first-order chi connectivity index (χ1) is 20.2. The molecule has 1 aliphatic heterocycles. The van der Waals surface area contributed by atoms with Gasteiger partial charge in [0.05, 0.1) is 42.0 Å². The van der Waals surface area contributed by atoms with Crippen LogP contribution in [-0.4, -0.2) is 111 Å². The number of ketones is 2. The van der Waals surface area contributed by atoms with Gasteiger partial charge in [-0.25, -0.2) is 0 Å². The number of Topliss-reactive ketones (excluding diaryl/α,β-unsaturated/α-hetero) is 2. The van der Waals surface area contributed by atoms with Crippen LogP contribution in [0.15, 0.2) is 34.8 Å². The zero-order valence-corrected chi connectivity index (χ0v) is 24.0. The molecule has 0 saturated carbocycles. The lowest BCUT2D eigenvalue weighted by atomic mass is 9.55. The molecule has 0 bridgehead atoms. The number of likely N-dealkylation sites (N-methyl/N-ethyl adjacent to an activating group) is 1. The lowest BCUT2D eigenvalue weighted by Gasteiger charge is -2.53. The largest absolute Gasteiger partial charge is 0.510 e. The summed E-state index contributed by atoms with van der Waals surface area (Å²) >= 11 is 0. The summed E-state index contributed by atoms with van der Waals surface area (Å²) in [5.41, 5.74) is 1.01. The molecule has 0 spiro atoms. The fourth-order valence-electron chi connectivity index (χ4n) is 7.04. The van der Waals surface area contributed by atoms with Crippen LogP contribution in [0.2, 0.25) is 0 Å². The maximum Gasteiger partial charge on any atom is 0.255 e. The van der Waals surface area contributed by atoms with Gasteiger partial charge in [0.1, 0.15) is 22.8 Å². The number of aromatic hydroxyl groups is 1. The van der Waals surface area contributed by atoms with E-state index in [-0.39, 0.29) is 29.8 Å². The van der Waals surface area contributed by atoms with E-state index >= 15 is 0 Å². The summed E-state index contributed by atoms with van der Waals surface area (Å²) in [7, 11) is 2.94. The molecule has 1 aromatic carbocycles. The van der Waals surface area contributed by atoms with Gasteiger partial charge >= 0.3 is 0 Å². The van der Waals surface area contributed by atoms with Crippen LogP contribution in [0.1, 0.15) is 41.6 Å². The molecular formula is C29H36N4O10. The summed E-state index contributed by atoms with van der Waals surface area (Å²) in [4.78, 5) is 53.3. The molecule has 5 rings (SSSR count). The summed E-state index contributed by atoms with van der Waals surface area (Å²) in [5, 5.41) is 62.5. The maximum absolute atomic E-state index is 13.9. The van der Waals surface area contributed by atoms with E-state index in [1.165, 1.54) is 25.1 Å². The van der Waals surface area contributed by atoms with E-state index < -0.39 is 81.4 Å². The van der Waals surface area contributed by atoms with Gasteiger partial charge in [-0.3, -0.25) is 24.1 Å². The highest BCUT2D eigenvalue weighted by Crippen LogP contribution is 2.56. The minimum absolute atomic E-state index is 0.0448. The van der Waals surface area contributed by atoms with Gasteiger partial charge in [-0.15, -0.1) is 0 Å². The predicted octanol–water partition coefficient (Wildman–Crippen LogP) is -0.640. The highest BCUT2D eigenvalue weighted by atomic mass is 16.5. The van der Waals surface area contributed by atoms with E-state index in [2.05, 4.69) is 10.6 Å². The number of hydrogen-bond acceptors (Lipinski definition) is 12. The number of amides is 2. The molecule has 1 unspecified atom stereocenters. The Balaban J connectivity index is 1.53. The number of fused-ring (bicyclic) bond motifs is 3. The van der Waals surface area contributed by atoms with Gasteiger partial charge < -0.3 is 46.6 Å². The third-order valence-corrected chi connectivity index (χ3v) is 9.12. The second kappa shape index (κ2) is 10.9. The topological polar surface area (TPSA) is 232 Å². The number of carbonyl (C=O) groups is 4. The first-order valence-electron chi connectivity index (χ1n) is 14.0. The van der Waals surface area contributed by atoms with E-state index in [0.717, 1.165) is 12.8 Å². The maximum atomic E-state index is 13.9. The Morgan fingerprint density at radius 2 is 1.88 bits per heavy atom. The molecule has 0 aromatic heterocycles. The Labute approximate surface area is 246 Å².